The summed E-state index contributed by atoms with van der Waals surface area (Å²) in [6.07, 6.45) is 0.958. The Morgan fingerprint density at radius 1 is 1.29 bits per heavy atom. The first-order valence-corrected chi connectivity index (χ1v) is 5.56. The Hall–Kier alpha value is -0.440. The van der Waals surface area contributed by atoms with Gasteiger partial charge in [-0.1, -0.05) is 35.8 Å². The maximum Gasteiger partial charge on any atom is 0.159 e. The van der Waals surface area contributed by atoms with Crippen LogP contribution >= 0.6 is 15.9 Å². The molecule has 0 fully saturated rings. The van der Waals surface area contributed by atoms with Crippen molar-refractivity contribution in [2.24, 2.45) is 0 Å². The lowest BCUT2D eigenvalue weighted by molar-refractivity contribution is 0.505. The first-order valence-electron chi connectivity index (χ1n) is 4.65. The van der Waals surface area contributed by atoms with Gasteiger partial charge in [-0.15, -0.1) is 0 Å². The lowest BCUT2D eigenvalue weighted by atomic mass is 9.96. The lowest BCUT2D eigenvalue weighted by Crippen LogP contribution is -2.08. The molecule has 0 aliphatic rings. The van der Waals surface area contributed by atoms with E-state index in [4.69, 9.17) is 0 Å². The summed E-state index contributed by atoms with van der Waals surface area (Å²) in [5, 5.41) is 0. The Bertz CT molecular complexity index is 312. The van der Waals surface area contributed by atoms with E-state index in [0.717, 1.165) is 12.0 Å². The van der Waals surface area contributed by atoms with Crippen molar-refractivity contribution in [2.75, 3.05) is 0 Å². The van der Waals surface area contributed by atoms with Gasteiger partial charge >= 0.3 is 0 Å². The van der Waals surface area contributed by atoms with Gasteiger partial charge in [0.25, 0.3) is 0 Å². The minimum absolute atomic E-state index is 0.190. The highest BCUT2D eigenvalue weighted by atomic mass is 79.9. The highest BCUT2D eigenvalue weighted by Crippen LogP contribution is 2.27. The topological polar surface area (TPSA) is 0 Å². The number of halogens is 3. The molecule has 3 heteroatoms. The number of benzene rings is 1. The molecule has 1 rings (SSSR count). The molecular weight excluding hydrogens is 250 g/mol. The zero-order valence-corrected chi connectivity index (χ0v) is 9.81. The molecular formula is C11H13BrF2. The van der Waals surface area contributed by atoms with E-state index >= 15 is 0 Å². The monoisotopic (exact) mass is 262 g/mol. The largest absolute Gasteiger partial charge is 0.204 e. The van der Waals surface area contributed by atoms with Gasteiger partial charge in [-0.3, -0.25) is 0 Å². The molecule has 0 heterocycles. The Labute approximate surface area is 91.5 Å². The zero-order chi connectivity index (χ0) is 10.7. The first-order chi connectivity index (χ1) is 6.56. The Balaban J connectivity index is 2.91. The van der Waals surface area contributed by atoms with Gasteiger partial charge in [-0.2, -0.15) is 0 Å². The van der Waals surface area contributed by atoms with Gasteiger partial charge in [0.1, 0.15) is 0 Å². The molecule has 0 N–H and O–H groups in total. The van der Waals surface area contributed by atoms with E-state index in [2.05, 4.69) is 22.9 Å². The van der Waals surface area contributed by atoms with E-state index in [0.29, 0.717) is 4.83 Å². The van der Waals surface area contributed by atoms with Crippen LogP contribution in [0.4, 0.5) is 8.78 Å². The lowest BCUT2D eigenvalue weighted by Gasteiger charge is -2.17. The third-order valence-electron chi connectivity index (χ3n) is 2.40. The van der Waals surface area contributed by atoms with Crippen LogP contribution in [0.3, 0.4) is 0 Å². The molecule has 0 amide bonds. The fourth-order valence-electron chi connectivity index (χ4n) is 1.36. The van der Waals surface area contributed by atoms with Crippen molar-refractivity contribution in [3.05, 3.63) is 35.4 Å². The number of alkyl halides is 1. The SMILES string of the molecule is CCC(Br)C(C)c1ccc(F)c(F)c1. The molecule has 0 bridgehead atoms. The summed E-state index contributed by atoms with van der Waals surface area (Å²) < 4.78 is 25.6. The molecule has 0 saturated heterocycles. The predicted molar refractivity (Wildman–Crippen MR) is 57.8 cm³/mol. The molecule has 0 aliphatic carbocycles. The van der Waals surface area contributed by atoms with Crippen LogP contribution in [-0.2, 0) is 0 Å². The summed E-state index contributed by atoms with van der Waals surface area (Å²) in [7, 11) is 0. The highest BCUT2D eigenvalue weighted by molar-refractivity contribution is 9.09. The van der Waals surface area contributed by atoms with Gasteiger partial charge < -0.3 is 0 Å². The summed E-state index contributed by atoms with van der Waals surface area (Å²) in [6.45, 7) is 4.05. The molecule has 0 saturated carbocycles. The quantitative estimate of drug-likeness (QED) is 0.715. The van der Waals surface area contributed by atoms with Gasteiger partial charge in [-0.05, 0) is 30.0 Å². The van der Waals surface area contributed by atoms with Crippen molar-refractivity contribution >= 4 is 15.9 Å². The van der Waals surface area contributed by atoms with Crippen molar-refractivity contribution in [3.63, 3.8) is 0 Å². The Morgan fingerprint density at radius 2 is 1.93 bits per heavy atom. The number of hydrogen-bond acceptors (Lipinski definition) is 0. The molecule has 1 aromatic carbocycles. The second-order valence-electron chi connectivity index (χ2n) is 3.39. The van der Waals surface area contributed by atoms with Gasteiger partial charge in [0.2, 0.25) is 0 Å². The van der Waals surface area contributed by atoms with Crippen molar-refractivity contribution < 1.29 is 8.78 Å². The molecule has 0 aromatic heterocycles. The molecule has 0 aliphatic heterocycles. The maximum atomic E-state index is 12.9. The van der Waals surface area contributed by atoms with E-state index in [1.165, 1.54) is 12.1 Å². The zero-order valence-electron chi connectivity index (χ0n) is 8.23. The molecule has 1 aromatic rings. The molecule has 0 nitrogen and oxygen atoms in total. The van der Waals surface area contributed by atoms with E-state index in [-0.39, 0.29) is 5.92 Å². The fourth-order valence-corrected chi connectivity index (χ4v) is 1.66. The Kier molecular flexibility index (Phi) is 4.05. The van der Waals surface area contributed by atoms with Crippen LogP contribution in [0.2, 0.25) is 0 Å². The normalized spacial score (nSPS) is 15.2. The van der Waals surface area contributed by atoms with Gasteiger partial charge in [0, 0.05) is 4.83 Å². The second kappa shape index (κ2) is 4.87. The Morgan fingerprint density at radius 3 is 2.43 bits per heavy atom. The smallest absolute Gasteiger partial charge is 0.159 e. The summed E-state index contributed by atoms with van der Waals surface area (Å²) in [5.74, 6) is -1.37. The van der Waals surface area contributed by atoms with E-state index in [1.807, 2.05) is 6.92 Å². The average Bonchev–Trinajstić information content (AvgIpc) is 2.20. The van der Waals surface area contributed by atoms with Crippen LogP contribution in [-0.4, -0.2) is 4.83 Å². The predicted octanol–water partition coefficient (Wildman–Crippen LogP) is 4.24. The molecule has 0 radical (unpaired) electrons. The maximum absolute atomic E-state index is 12.9. The third-order valence-corrected chi connectivity index (χ3v) is 3.84. The average molecular weight is 263 g/mol. The van der Waals surface area contributed by atoms with Crippen LogP contribution < -0.4 is 0 Å². The van der Waals surface area contributed by atoms with Crippen LogP contribution in [0.25, 0.3) is 0 Å². The van der Waals surface area contributed by atoms with Crippen LogP contribution in [0.5, 0.6) is 0 Å². The van der Waals surface area contributed by atoms with Crippen molar-refractivity contribution in [1.29, 1.82) is 0 Å². The molecule has 78 valence electrons. The van der Waals surface area contributed by atoms with Gasteiger partial charge in [-0.25, -0.2) is 8.78 Å². The summed E-state index contributed by atoms with van der Waals surface area (Å²) in [5.41, 5.74) is 0.827. The van der Waals surface area contributed by atoms with Crippen LogP contribution in [0, 0.1) is 11.6 Å². The van der Waals surface area contributed by atoms with Crippen LogP contribution in [0.1, 0.15) is 31.7 Å². The third kappa shape index (κ3) is 2.53. The number of hydrogen-bond donors (Lipinski definition) is 0. The summed E-state index contributed by atoms with van der Waals surface area (Å²) in [4.78, 5) is 0.298. The minimum atomic E-state index is -0.788. The van der Waals surface area contributed by atoms with Gasteiger partial charge in [0.15, 0.2) is 11.6 Å². The van der Waals surface area contributed by atoms with Crippen LogP contribution in [0.15, 0.2) is 18.2 Å². The molecule has 2 atom stereocenters. The second-order valence-corrected chi connectivity index (χ2v) is 4.56. The van der Waals surface area contributed by atoms with Crippen molar-refractivity contribution in [3.8, 4) is 0 Å². The molecule has 0 spiro atoms. The molecule has 14 heavy (non-hydrogen) atoms. The summed E-state index contributed by atoms with van der Waals surface area (Å²) in [6, 6.07) is 4.08. The fraction of sp³-hybridized carbons (Fsp3) is 0.455. The van der Waals surface area contributed by atoms with E-state index in [1.54, 1.807) is 6.07 Å². The van der Waals surface area contributed by atoms with E-state index in [9.17, 15) is 8.78 Å². The highest BCUT2D eigenvalue weighted by Gasteiger charge is 2.15. The number of rotatable bonds is 3. The van der Waals surface area contributed by atoms with Crippen molar-refractivity contribution in [2.45, 2.75) is 31.0 Å². The first kappa shape index (κ1) is 11.6. The minimum Gasteiger partial charge on any atom is -0.204 e. The standard InChI is InChI=1S/C11H13BrF2/c1-3-9(12)7(2)8-4-5-10(13)11(14)6-8/h4-7,9H,3H2,1-2H3. The van der Waals surface area contributed by atoms with E-state index < -0.39 is 11.6 Å². The van der Waals surface area contributed by atoms with Crippen molar-refractivity contribution in [1.82, 2.24) is 0 Å². The van der Waals surface area contributed by atoms with Gasteiger partial charge in [0.05, 0.1) is 0 Å². The molecule has 2 unspecified atom stereocenters. The summed E-state index contributed by atoms with van der Waals surface area (Å²) >= 11 is 3.51.